The van der Waals surface area contributed by atoms with Crippen molar-refractivity contribution in [1.29, 1.82) is 0 Å². The molecule has 3 saturated carbocycles. The van der Waals surface area contributed by atoms with Crippen LogP contribution in [0.15, 0.2) is 11.6 Å². The Bertz CT molecular complexity index is 575. The molecule has 3 rings (SSSR count). The molecule has 0 radical (unpaired) electrons. The van der Waals surface area contributed by atoms with E-state index in [1.54, 1.807) is 0 Å². The van der Waals surface area contributed by atoms with Gasteiger partial charge in [0, 0.05) is 0 Å². The molecule has 2 heteroatoms. The molecule has 0 aromatic carbocycles. The van der Waals surface area contributed by atoms with Crippen LogP contribution in [-0.4, -0.2) is 22.4 Å². The van der Waals surface area contributed by atoms with E-state index < -0.39 is 5.60 Å². The molecule has 0 spiro atoms. The van der Waals surface area contributed by atoms with Crippen molar-refractivity contribution in [1.82, 2.24) is 0 Å². The molecule has 0 aromatic heterocycles. The summed E-state index contributed by atoms with van der Waals surface area (Å²) < 4.78 is 0. The standard InChI is InChI=1S/C25H44O2/c1-18(12-17-26)8-9-21-24(5)15-10-19-22(2,3)13-7-14-23(19,4)20(24)11-16-25(21,6)27/h12,19-21,26-27H,7-11,13-17H2,1-6H3/b18-12+/t19?,20?,21-,23-,24+,25-/m0/s1. The minimum atomic E-state index is -0.557. The van der Waals surface area contributed by atoms with E-state index in [2.05, 4.69) is 41.5 Å². The van der Waals surface area contributed by atoms with Gasteiger partial charge in [-0.3, -0.25) is 0 Å². The van der Waals surface area contributed by atoms with Gasteiger partial charge >= 0.3 is 0 Å². The number of allylic oxidation sites excluding steroid dienone is 1. The van der Waals surface area contributed by atoms with Crippen molar-refractivity contribution < 1.29 is 10.2 Å². The van der Waals surface area contributed by atoms with Gasteiger partial charge in [0.15, 0.2) is 0 Å². The number of hydrogen-bond donors (Lipinski definition) is 2. The van der Waals surface area contributed by atoms with Crippen molar-refractivity contribution in [2.45, 2.75) is 105 Å². The Morgan fingerprint density at radius 1 is 0.926 bits per heavy atom. The smallest absolute Gasteiger partial charge is 0.0653 e. The minimum Gasteiger partial charge on any atom is -0.392 e. The molecular weight excluding hydrogens is 332 g/mol. The molecule has 2 N–H and O–H groups in total. The maximum Gasteiger partial charge on any atom is 0.0653 e. The first-order valence-electron chi connectivity index (χ1n) is 11.5. The molecule has 0 amide bonds. The van der Waals surface area contributed by atoms with Crippen LogP contribution in [0.4, 0.5) is 0 Å². The first-order chi connectivity index (χ1) is 12.5. The minimum absolute atomic E-state index is 0.127. The van der Waals surface area contributed by atoms with E-state index in [9.17, 15) is 10.2 Å². The molecule has 0 aliphatic heterocycles. The van der Waals surface area contributed by atoms with Crippen LogP contribution in [-0.2, 0) is 0 Å². The lowest BCUT2D eigenvalue weighted by Crippen LogP contribution is -2.62. The van der Waals surface area contributed by atoms with E-state index in [4.69, 9.17) is 0 Å². The largest absolute Gasteiger partial charge is 0.392 e. The highest BCUT2D eigenvalue weighted by Gasteiger charge is 2.63. The number of aliphatic hydroxyl groups excluding tert-OH is 1. The lowest BCUT2D eigenvalue weighted by molar-refractivity contribution is -0.211. The number of aliphatic hydroxyl groups is 2. The Balaban J connectivity index is 1.91. The van der Waals surface area contributed by atoms with Gasteiger partial charge < -0.3 is 10.2 Å². The van der Waals surface area contributed by atoms with Crippen molar-refractivity contribution in [3.05, 3.63) is 11.6 Å². The van der Waals surface area contributed by atoms with Gasteiger partial charge in [-0.05, 0) is 99.2 Å². The van der Waals surface area contributed by atoms with Crippen LogP contribution in [0.3, 0.4) is 0 Å². The Morgan fingerprint density at radius 3 is 2.26 bits per heavy atom. The summed E-state index contributed by atoms with van der Waals surface area (Å²) in [6.07, 6.45) is 12.8. The third-order valence-corrected chi connectivity index (χ3v) is 9.59. The number of rotatable bonds is 4. The van der Waals surface area contributed by atoms with Crippen LogP contribution in [0, 0.1) is 34.0 Å². The molecule has 3 aliphatic rings. The highest BCUT2D eigenvalue weighted by molar-refractivity contribution is 5.13. The molecule has 3 fully saturated rings. The third kappa shape index (κ3) is 3.54. The summed E-state index contributed by atoms with van der Waals surface area (Å²) in [5.41, 5.74) is 1.83. The van der Waals surface area contributed by atoms with Gasteiger partial charge in [-0.2, -0.15) is 0 Å². The average Bonchev–Trinajstić information content (AvgIpc) is 2.52. The molecule has 6 atom stereocenters. The molecular formula is C25H44O2. The summed E-state index contributed by atoms with van der Waals surface area (Å²) in [7, 11) is 0. The monoisotopic (exact) mass is 376 g/mol. The zero-order valence-electron chi connectivity index (χ0n) is 18.8. The van der Waals surface area contributed by atoms with Crippen LogP contribution in [0.2, 0.25) is 0 Å². The summed E-state index contributed by atoms with van der Waals surface area (Å²) in [6, 6.07) is 0. The molecule has 2 unspecified atom stereocenters. The fraction of sp³-hybridized carbons (Fsp3) is 0.920. The Labute approximate surface area is 167 Å². The first kappa shape index (κ1) is 21.4. The quantitative estimate of drug-likeness (QED) is 0.581. The van der Waals surface area contributed by atoms with E-state index >= 15 is 0 Å². The third-order valence-electron chi connectivity index (χ3n) is 9.59. The molecule has 2 nitrogen and oxygen atoms in total. The summed E-state index contributed by atoms with van der Waals surface area (Å²) in [4.78, 5) is 0. The molecule has 0 saturated heterocycles. The lowest BCUT2D eigenvalue weighted by atomic mass is 9.38. The summed E-state index contributed by atoms with van der Waals surface area (Å²) in [5.74, 6) is 1.92. The summed E-state index contributed by atoms with van der Waals surface area (Å²) in [6.45, 7) is 14.5. The van der Waals surface area contributed by atoms with Crippen molar-refractivity contribution >= 4 is 0 Å². The fourth-order valence-corrected chi connectivity index (χ4v) is 8.35. The predicted molar refractivity (Wildman–Crippen MR) is 113 cm³/mol. The molecule has 0 bridgehead atoms. The number of hydrogen-bond acceptors (Lipinski definition) is 2. The van der Waals surface area contributed by atoms with Crippen LogP contribution >= 0.6 is 0 Å². The van der Waals surface area contributed by atoms with Crippen LogP contribution in [0.5, 0.6) is 0 Å². The van der Waals surface area contributed by atoms with Crippen LogP contribution in [0.1, 0.15) is 99.3 Å². The fourth-order valence-electron chi connectivity index (χ4n) is 8.35. The molecule has 3 aliphatic carbocycles. The molecule has 156 valence electrons. The zero-order chi connectivity index (χ0) is 20.1. The van der Waals surface area contributed by atoms with Gasteiger partial charge in [-0.15, -0.1) is 0 Å². The topological polar surface area (TPSA) is 40.5 Å². The highest BCUT2D eigenvalue weighted by Crippen LogP contribution is 2.70. The maximum atomic E-state index is 11.4. The van der Waals surface area contributed by atoms with E-state index in [1.165, 1.54) is 44.1 Å². The molecule has 0 heterocycles. The van der Waals surface area contributed by atoms with E-state index in [-0.39, 0.29) is 12.0 Å². The predicted octanol–water partition coefficient (Wildman–Crippen LogP) is 6.12. The zero-order valence-corrected chi connectivity index (χ0v) is 18.8. The molecule has 27 heavy (non-hydrogen) atoms. The first-order valence-corrected chi connectivity index (χ1v) is 11.5. The van der Waals surface area contributed by atoms with E-state index in [0.717, 1.165) is 31.1 Å². The normalized spacial score (nSPS) is 47.3. The van der Waals surface area contributed by atoms with Gasteiger partial charge in [0.1, 0.15) is 0 Å². The second-order valence-corrected chi connectivity index (χ2v) is 11.7. The van der Waals surface area contributed by atoms with Crippen molar-refractivity contribution in [3.8, 4) is 0 Å². The van der Waals surface area contributed by atoms with E-state index in [1.807, 2.05) is 6.08 Å². The van der Waals surface area contributed by atoms with Crippen LogP contribution < -0.4 is 0 Å². The summed E-state index contributed by atoms with van der Waals surface area (Å²) >= 11 is 0. The summed E-state index contributed by atoms with van der Waals surface area (Å²) in [5, 5.41) is 20.6. The highest BCUT2D eigenvalue weighted by atomic mass is 16.3. The number of fused-ring (bicyclic) bond motifs is 3. The van der Waals surface area contributed by atoms with E-state index in [0.29, 0.717) is 16.7 Å². The van der Waals surface area contributed by atoms with Gasteiger partial charge in [-0.25, -0.2) is 0 Å². The van der Waals surface area contributed by atoms with Crippen LogP contribution in [0.25, 0.3) is 0 Å². The van der Waals surface area contributed by atoms with Gasteiger partial charge in [0.2, 0.25) is 0 Å². The maximum absolute atomic E-state index is 11.4. The Kier molecular flexibility index (Phi) is 5.67. The SMILES string of the molecule is C/C(=C\CO)CC[C@@H]1[C@@](C)(O)CCC2[C@@]3(C)CCCC(C)(C)C3CC[C@]21C. The Morgan fingerprint density at radius 2 is 1.59 bits per heavy atom. The van der Waals surface area contributed by atoms with Gasteiger partial charge in [-0.1, -0.05) is 45.8 Å². The average molecular weight is 377 g/mol. The van der Waals surface area contributed by atoms with Gasteiger partial charge in [0.25, 0.3) is 0 Å². The lowest BCUT2D eigenvalue weighted by Gasteiger charge is -2.67. The van der Waals surface area contributed by atoms with Gasteiger partial charge in [0.05, 0.1) is 12.2 Å². The Hall–Kier alpha value is -0.340. The second kappa shape index (κ2) is 7.17. The van der Waals surface area contributed by atoms with Crippen molar-refractivity contribution in [2.75, 3.05) is 6.61 Å². The second-order valence-electron chi connectivity index (χ2n) is 11.7. The molecule has 0 aromatic rings. The van der Waals surface area contributed by atoms with Crippen molar-refractivity contribution in [2.24, 2.45) is 34.0 Å². The van der Waals surface area contributed by atoms with Crippen molar-refractivity contribution in [3.63, 3.8) is 0 Å².